The van der Waals surface area contributed by atoms with E-state index in [1.807, 2.05) is 0 Å². The summed E-state index contributed by atoms with van der Waals surface area (Å²) in [4.78, 5) is 24.5. The smallest absolute Gasteiger partial charge is 0.354 e. The van der Waals surface area contributed by atoms with Gasteiger partial charge < -0.3 is 10.2 Å². The van der Waals surface area contributed by atoms with Crippen LogP contribution in [-0.2, 0) is 19.6 Å². The Morgan fingerprint density at radius 1 is 1.55 bits per heavy atom. The summed E-state index contributed by atoms with van der Waals surface area (Å²) in [7, 11) is -3.54. The van der Waals surface area contributed by atoms with Crippen molar-refractivity contribution in [3.8, 4) is 0 Å². The molecule has 0 aromatic rings. The Balaban J connectivity index is 2.04. The van der Waals surface area contributed by atoms with Crippen molar-refractivity contribution in [1.29, 1.82) is 0 Å². The summed E-state index contributed by atoms with van der Waals surface area (Å²) in [6.45, 7) is 1.50. The monoisotopic (exact) mass is 368 g/mol. The summed E-state index contributed by atoms with van der Waals surface area (Å²) in [5.41, 5.74) is -0.0856. The van der Waals surface area contributed by atoms with Crippen LogP contribution in [0.3, 0.4) is 0 Å². The first kappa shape index (κ1) is 17.6. The molecular weight excluding hydrogens is 352 g/mol. The van der Waals surface area contributed by atoms with Gasteiger partial charge in [0.05, 0.1) is 22.0 Å². The summed E-state index contributed by atoms with van der Waals surface area (Å²) < 4.78 is 22.2. The number of thioether (sulfide) groups is 2. The van der Waals surface area contributed by atoms with E-state index in [2.05, 4.69) is 0 Å². The summed E-state index contributed by atoms with van der Waals surface area (Å²) in [6.07, 6.45) is -0.554. The van der Waals surface area contributed by atoms with E-state index in [9.17, 15) is 28.2 Å². The third-order valence-electron chi connectivity index (χ3n) is 3.27. The van der Waals surface area contributed by atoms with Gasteiger partial charge in [0.2, 0.25) is 15.9 Å². The molecule has 0 saturated carbocycles. The number of sulfonamides is 1. The van der Waals surface area contributed by atoms with Crippen LogP contribution in [0.4, 0.5) is 0 Å². The van der Waals surface area contributed by atoms with Crippen LogP contribution in [0, 0.1) is 5.92 Å². The zero-order chi connectivity index (χ0) is 16.7. The Morgan fingerprint density at radius 3 is 2.68 bits per heavy atom. The number of β-lactam (4-membered cyclic amide) rings is 1. The Hall–Kier alpha value is -0.750. The fourth-order valence-electron chi connectivity index (χ4n) is 2.28. The first-order valence-electron chi connectivity index (χ1n) is 6.42. The molecule has 22 heavy (non-hydrogen) atoms. The number of carbonyl (C=O) groups is 2. The van der Waals surface area contributed by atoms with Crippen molar-refractivity contribution in [2.24, 2.45) is 11.1 Å². The molecule has 2 rings (SSSR count). The molecule has 0 bridgehead atoms. The lowest BCUT2D eigenvalue weighted by molar-refractivity contribution is -0.156. The number of rotatable bonds is 7. The first-order chi connectivity index (χ1) is 10.1. The van der Waals surface area contributed by atoms with E-state index in [0.29, 0.717) is 16.4 Å². The molecule has 1 fully saturated rings. The fraction of sp³-hybridized carbons (Fsp3) is 0.636. The quantitative estimate of drug-likeness (QED) is 0.406. The molecule has 0 radical (unpaired) electrons. The number of primary sulfonamides is 1. The molecular formula is C11H16N2O6S3. The molecule has 0 aromatic heterocycles. The van der Waals surface area contributed by atoms with Gasteiger partial charge in [-0.25, -0.2) is 18.4 Å². The van der Waals surface area contributed by atoms with Gasteiger partial charge in [-0.1, -0.05) is 11.8 Å². The maximum Gasteiger partial charge on any atom is 0.354 e. The van der Waals surface area contributed by atoms with Gasteiger partial charge in [-0.05, 0) is 19.1 Å². The number of hydrogen-bond acceptors (Lipinski definition) is 7. The average Bonchev–Trinajstić information content (AvgIpc) is 2.67. The van der Waals surface area contributed by atoms with Crippen molar-refractivity contribution in [2.75, 3.05) is 11.5 Å². The number of carboxylic acid groups (broad SMARTS) is 1. The molecule has 11 heteroatoms. The first-order valence-corrected chi connectivity index (χ1v) is 10.00. The average molecular weight is 368 g/mol. The van der Waals surface area contributed by atoms with Gasteiger partial charge in [0.25, 0.3) is 0 Å². The minimum absolute atomic E-state index is 0.0856. The maximum absolute atomic E-state index is 12.0. The van der Waals surface area contributed by atoms with E-state index in [1.54, 1.807) is 0 Å². The number of carbonyl (C=O) groups excluding carboxylic acids is 1. The molecule has 0 spiro atoms. The molecule has 1 saturated heterocycles. The number of carboxylic acids is 1. The minimum atomic E-state index is -3.54. The van der Waals surface area contributed by atoms with E-state index in [-0.39, 0.29) is 11.4 Å². The van der Waals surface area contributed by atoms with Crippen molar-refractivity contribution < 1.29 is 28.2 Å². The van der Waals surface area contributed by atoms with Crippen LogP contribution in [0.2, 0.25) is 0 Å². The number of amides is 1. The van der Waals surface area contributed by atoms with Gasteiger partial charge in [-0.15, -0.1) is 11.8 Å². The van der Waals surface area contributed by atoms with Crippen LogP contribution in [0.5, 0.6) is 0 Å². The number of aliphatic hydroxyl groups is 1. The Morgan fingerprint density at radius 2 is 2.18 bits per heavy atom. The van der Waals surface area contributed by atoms with Gasteiger partial charge in [0.1, 0.15) is 5.37 Å². The van der Waals surface area contributed by atoms with E-state index in [0.717, 1.165) is 0 Å². The second-order valence-corrected chi connectivity index (χ2v) is 9.22. The molecule has 124 valence electrons. The summed E-state index contributed by atoms with van der Waals surface area (Å²) in [5, 5.41) is 23.4. The highest BCUT2D eigenvalue weighted by molar-refractivity contribution is 8.22. The van der Waals surface area contributed by atoms with Gasteiger partial charge in [0, 0.05) is 0 Å². The molecule has 4 N–H and O–H groups in total. The second kappa shape index (κ2) is 6.40. The van der Waals surface area contributed by atoms with Crippen molar-refractivity contribution in [2.45, 2.75) is 24.8 Å². The van der Waals surface area contributed by atoms with Crippen LogP contribution in [0.1, 0.15) is 13.3 Å². The highest BCUT2D eigenvalue weighted by Crippen LogP contribution is 2.53. The van der Waals surface area contributed by atoms with Crippen LogP contribution < -0.4 is 5.14 Å². The number of nitrogens with two attached hydrogens (primary N) is 1. The highest BCUT2D eigenvalue weighted by atomic mass is 32.2. The minimum Gasteiger partial charge on any atom is -0.477 e. The van der Waals surface area contributed by atoms with Gasteiger partial charge in [-0.2, -0.15) is 0 Å². The van der Waals surface area contributed by atoms with Crippen molar-refractivity contribution in [3.63, 3.8) is 0 Å². The predicted octanol–water partition coefficient (Wildman–Crippen LogP) is -0.436. The van der Waals surface area contributed by atoms with Crippen molar-refractivity contribution >= 4 is 45.4 Å². The lowest BCUT2D eigenvalue weighted by Gasteiger charge is -2.43. The van der Waals surface area contributed by atoms with Gasteiger partial charge in [-0.3, -0.25) is 9.69 Å². The molecule has 2 aliphatic heterocycles. The Labute approximate surface area is 136 Å². The van der Waals surface area contributed by atoms with Crippen LogP contribution in [0.25, 0.3) is 0 Å². The summed E-state index contributed by atoms with van der Waals surface area (Å²) in [5.74, 6) is -2.01. The summed E-state index contributed by atoms with van der Waals surface area (Å²) >= 11 is 2.41. The number of hydrogen-bond donors (Lipinski definition) is 3. The molecule has 1 amide bonds. The van der Waals surface area contributed by atoms with Gasteiger partial charge >= 0.3 is 5.97 Å². The normalized spacial score (nSPS) is 26.0. The topological polar surface area (TPSA) is 138 Å². The fourth-order valence-corrected chi connectivity index (χ4v) is 5.94. The van der Waals surface area contributed by atoms with E-state index in [1.165, 1.54) is 35.3 Å². The van der Waals surface area contributed by atoms with Crippen molar-refractivity contribution in [1.82, 2.24) is 4.90 Å². The van der Waals surface area contributed by atoms with Crippen LogP contribution in [-0.4, -0.2) is 58.4 Å². The predicted molar refractivity (Wildman–Crippen MR) is 83.1 cm³/mol. The second-order valence-electron chi connectivity index (χ2n) is 4.99. The number of aliphatic hydroxyl groups excluding tert-OH is 1. The third kappa shape index (κ3) is 3.43. The lowest BCUT2D eigenvalue weighted by atomic mass is 9.92. The maximum atomic E-state index is 12.0. The zero-order valence-corrected chi connectivity index (χ0v) is 14.1. The third-order valence-corrected chi connectivity index (χ3v) is 6.88. The van der Waals surface area contributed by atoms with E-state index >= 15 is 0 Å². The molecule has 1 unspecified atom stereocenters. The number of nitrogens with zero attached hydrogens (tertiary/aromatic N) is 1. The molecule has 0 aromatic carbocycles. The van der Waals surface area contributed by atoms with E-state index < -0.39 is 39.3 Å². The molecule has 0 aliphatic carbocycles. The Bertz CT molecular complexity index is 630. The zero-order valence-electron chi connectivity index (χ0n) is 11.6. The molecule has 8 nitrogen and oxygen atoms in total. The van der Waals surface area contributed by atoms with E-state index in [4.69, 9.17) is 5.14 Å². The highest BCUT2D eigenvalue weighted by Gasteiger charge is 2.57. The molecule has 2 aliphatic rings. The van der Waals surface area contributed by atoms with Gasteiger partial charge in [0.15, 0.2) is 5.70 Å². The van der Waals surface area contributed by atoms with Crippen LogP contribution >= 0.6 is 23.5 Å². The standard InChI is InChI=1S/C11H16N2O6S3/c1-5(14)6-8(15)13-7(10(16)17)11(21-9(6)13)20-3-2-4-22(12,18)19/h5-6,9,14H,2-4H2,1H3,(H,16,17)(H2,12,18,19)/t5?,6-,9+/m0/s1. The SMILES string of the molecule is CC(O)[C@H]1C(=O)N2C(C(=O)O)=C(SCCCS(N)(=O)=O)S[C@H]12. The largest absolute Gasteiger partial charge is 0.477 e. The number of aliphatic carboxylic acids is 1. The lowest BCUT2D eigenvalue weighted by Crippen LogP contribution is -2.60. The summed E-state index contributed by atoms with van der Waals surface area (Å²) in [6, 6.07) is 0. The Kier molecular flexibility index (Phi) is 5.12. The molecule has 2 heterocycles. The van der Waals surface area contributed by atoms with Crippen LogP contribution in [0.15, 0.2) is 9.93 Å². The molecule has 3 atom stereocenters. The van der Waals surface area contributed by atoms with Crippen molar-refractivity contribution in [3.05, 3.63) is 9.93 Å². The number of fused-ring (bicyclic) bond motifs is 1.